The molecule has 1 saturated heterocycles. The van der Waals surface area contributed by atoms with Gasteiger partial charge in [-0.1, -0.05) is 0 Å². The van der Waals surface area contributed by atoms with Crippen molar-refractivity contribution in [2.24, 2.45) is 0 Å². The molecule has 0 saturated carbocycles. The van der Waals surface area contributed by atoms with Crippen molar-refractivity contribution in [3.8, 4) is 0 Å². The smallest absolute Gasteiger partial charge is 0.269 e. The minimum Gasteiger partial charge on any atom is -0.389 e. The average molecular weight is 237 g/mol. The van der Waals surface area contributed by atoms with Crippen LogP contribution in [0.4, 0.5) is 5.69 Å². The van der Waals surface area contributed by atoms with Gasteiger partial charge in [0.15, 0.2) is 0 Å². The topological polar surface area (TPSA) is 85.7 Å². The number of aromatic nitrogens is 1. The van der Waals surface area contributed by atoms with Crippen LogP contribution < -0.4 is 10.2 Å². The van der Waals surface area contributed by atoms with Crippen LogP contribution in [-0.2, 0) is 0 Å². The van der Waals surface area contributed by atoms with Gasteiger partial charge in [0.2, 0.25) is 0 Å². The van der Waals surface area contributed by atoms with Crippen LogP contribution in [0.25, 0.3) is 0 Å². The van der Waals surface area contributed by atoms with Crippen LogP contribution in [0.15, 0.2) is 18.3 Å². The highest BCUT2D eigenvalue weighted by Gasteiger charge is 2.29. The molecule has 1 aliphatic rings. The molecule has 2 unspecified atom stereocenters. The number of nitrogens with one attached hydrogen (secondary N) is 1. The molecule has 1 amide bonds. The molecule has 1 aromatic heterocycles. The minimum absolute atomic E-state index is 0.257. The third-order valence-electron chi connectivity index (χ3n) is 2.83. The third-order valence-corrected chi connectivity index (χ3v) is 2.83. The van der Waals surface area contributed by atoms with E-state index in [1.807, 2.05) is 4.90 Å². The maximum atomic E-state index is 11.4. The monoisotopic (exact) mass is 237 g/mol. The van der Waals surface area contributed by atoms with Gasteiger partial charge >= 0.3 is 0 Å². The molecule has 2 heterocycles. The second kappa shape index (κ2) is 4.68. The van der Waals surface area contributed by atoms with E-state index in [0.29, 0.717) is 18.8 Å². The highest BCUT2D eigenvalue weighted by molar-refractivity contribution is 5.92. The van der Waals surface area contributed by atoms with Crippen LogP contribution in [-0.4, -0.2) is 53.4 Å². The zero-order valence-corrected chi connectivity index (χ0v) is 9.50. The average Bonchev–Trinajstić information content (AvgIpc) is 2.69. The molecule has 17 heavy (non-hydrogen) atoms. The lowest BCUT2D eigenvalue weighted by Crippen LogP contribution is -2.23. The molecule has 3 N–H and O–H groups in total. The highest BCUT2D eigenvalue weighted by atomic mass is 16.3. The van der Waals surface area contributed by atoms with Crippen molar-refractivity contribution in [1.29, 1.82) is 0 Å². The molecule has 1 aliphatic heterocycles. The highest BCUT2D eigenvalue weighted by Crippen LogP contribution is 2.20. The Morgan fingerprint density at radius 1 is 1.47 bits per heavy atom. The Morgan fingerprint density at radius 2 is 2.12 bits per heavy atom. The molecule has 0 aromatic carbocycles. The first-order valence-corrected chi connectivity index (χ1v) is 5.41. The summed E-state index contributed by atoms with van der Waals surface area (Å²) in [6.07, 6.45) is 0.0509. The molecular weight excluding hydrogens is 222 g/mol. The zero-order chi connectivity index (χ0) is 12.4. The quantitative estimate of drug-likeness (QED) is 0.613. The molecule has 0 bridgehead atoms. The molecule has 0 spiro atoms. The molecule has 6 heteroatoms. The molecule has 1 fully saturated rings. The zero-order valence-electron chi connectivity index (χ0n) is 9.50. The van der Waals surface area contributed by atoms with E-state index in [4.69, 9.17) is 0 Å². The number of anilines is 1. The Kier molecular flexibility index (Phi) is 3.26. The lowest BCUT2D eigenvalue weighted by molar-refractivity contribution is 0.0572. The van der Waals surface area contributed by atoms with Crippen LogP contribution in [0, 0.1) is 0 Å². The van der Waals surface area contributed by atoms with Crippen molar-refractivity contribution in [2.45, 2.75) is 12.2 Å². The van der Waals surface area contributed by atoms with Gasteiger partial charge in [-0.25, -0.2) is 0 Å². The molecule has 0 radical (unpaired) electrons. The van der Waals surface area contributed by atoms with Gasteiger partial charge in [0.1, 0.15) is 5.69 Å². The summed E-state index contributed by atoms with van der Waals surface area (Å²) in [4.78, 5) is 17.2. The number of carbonyl (C=O) groups excluding carboxylic acids is 1. The van der Waals surface area contributed by atoms with E-state index in [1.54, 1.807) is 19.2 Å². The number of carbonyl (C=O) groups is 1. The molecular formula is C11H15N3O3. The van der Waals surface area contributed by atoms with Gasteiger partial charge in [0, 0.05) is 32.0 Å². The summed E-state index contributed by atoms with van der Waals surface area (Å²) in [6.45, 7) is 0.719. The number of β-amino-alcohol motifs (C(OH)–C–C–N with tert-alkyl or cyclic N) is 2. The molecule has 2 atom stereocenters. The second-order valence-electron chi connectivity index (χ2n) is 4.02. The predicted octanol–water partition coefficient (Wildman–Crippen LogP) is -1.02. The molecule has 0 aliphatic carbocycles. The van der Waals surface area contributed by atoms with Crippen molar-refractivity contribution in [3.63, 3.8) is 0 Å². The van der Waals surface area contributed by atoms with Crippen molar-refractivity contribution in [1.82, 2.24) is 10.3 Å². The van der Waals surface area contributed by atoms with Crippen LogP contribution in [0.1, 0.15) is 10.5 Å². The number of amides is 1. The van der Waals surface area contributed by atoms with E-state index in [1.165, 1.54) is 6.20 Å². The summed E-state index contributed by atoms with van der Waals surface area (Å²) in [6, 6.07) is 3.39. The predicted molar refractivity (Wildman–Crippen MR) is 61.9 cm³/mol. The number of nitrogens with zero attached hydrogens (tertiary/aromatic N) is 2. The number of rotatable bonds is 2. The van der Waals surface area contributed by atoms with Gasteiger partial charge in [-0.05, 0) is 12.1 Å². The maximum Gasteiger partial charge on any atom is 0.269 e. The largest absolute Gasteiger partial charge is 0.389 e. The summed E-state index contributed by atoms with van der Waals surface area (Å²) in [7, 11) is 1.54. The van der Waals surface area contributed by atoms with Crippen molar-refractivity contribution >= 4 is 11.6 Å². The van der Waals surface area contributed by atoms with Crippen LogP contribution in [0.2, 0.25) is 0 Å². The SMILES string of the molecule is CNC(=O)c1cc(N2CC(O)C(O)C2)ccn1. The summed E-state index contributed by atoms with van der Waals surface area (Å²) >= 11 is 0. The summed E-state index contributed by atoms with van der Waals surface area (Å²) in [5, 5.41) is 21.4. The van der Waals surface area contributed by atoms with E-state index in [0.717, 1.165) is 5.69 Å². The molecule has 1 aromatic rings. The normalized spacial score (nSPS) is 23.8. The number of pyridine rings is 1. The van der Waals surface area contributed by atoms with E-state index in [9.17, 15) is 15.0 Å². The first-order valence-electron chi connectivity index (χ1n) is 5.41. The van der Waals surface area contributed by atoms with E-state index < -0.39 is 12.2 Å². The fraction of sp³-hybridized carbons (Fsp3) is 0.455. The van der Waals surface area contributed by atoms with Crippen LogP contribution >= 0.6 is 0 Å². The summed E-state index contributed by atoms with van der Waals surface area (Å²) in [5.74, 6) is -0.257. The van der Waals surface area contributed by atoms with Crippen LogP contribution in [0.5, 0.6) is 0 Å². The van der Waals surface area contributed by atoms with Crippen molar-refractivity contribution in [3.05, 3.63) is 24.0 Å². The number of hydrogen-bond acceptors (Lipinski definition) is 5. The van der Waals surface area contributed by atoms with E-state index in [-0.39, 0.29) is 5.91 Å². The molecule has 6 nitrogen and oxygen atoms in total. The second-order valence-corrected chi connectivity index (χ2v) is 4.02. The minimum atomic E-state index is -0.744. The first-order chi connectivity index (χ1) is 8.11. The van der Waals surface area contributed by atoms with Gasteiger partial charge in [-0.2, -0.15) is 0 Å². The van der Waals surface area contributed by atoms with Crippen LogP contribution in [0.3, 0.4) is 0 Å². The maximum absolute atomic E-state index is 11.4. The first kappa shape index (κ1) is 11.8. The summed E-state index contributed by atoms with van der Waals surface area (Å²) in [5.41, 5.74) is 1.09. The Balaban J connectivity index is 2.19. The van der Waals surface area contributed by atoms with Gasteiger partial charge in [0.25, 0.3) is 5.91 Å². The number of aliphatic hydroxyl groups is 2. The summed E-state index contributed by atoms with van der Waals surface area (Å²) < 4.78 is 0. The van der Waals surface area contributed by atoms with Crippen molar-refractivity contribution in [2.75, 3.05) is 25.0 Å². The fourth-order valence-electron chi connectivity index (χ4n) is 1.85. The lowest BCUT2D eigenvalue weighted by atomic mass is 10.3. The Hall–Kier alpha value is -1.66. The third kappa shape index (κ3) is 2.37. The lowest BCUT2D eigenvalue weighted by Gasteiger charge is -2.17. The Morgan fingerprint density at radius 3 is 2.71 bits per heavy atom. The van der Waals surface area contributed by atoms with Gasteiger partial charge in [-0.3, -0.25) is 9.78 Å². The van der Waals surface area contributed by atoms with Crippen molar-refractivity contribution < 1.29 is 15.0 Å². The van der Waals surface area contributed by atoms with Gasteiger partial charge in [-0.15, -0.1) is 0 Å². The van der Waals surface area contributed by atoms with Gasteiger partial charge < -0.3 is 20.4 Å². The van der Waals surface area contributed by atoms with Gasteiger partial charge in [0.05, 0.1) is 12.2 Å². The number of hydrogen-bond donors (Lipinski definition) is 3. The van der Waals surface area contributed by atoms with E-state index in [2.05, 4.69) is 10.3 Å². The molecule has 2 rings (SSSR count). The Labute approximate surface area is 98.9 Å². The number of aliphatic hydroxyl groups excluding tert-OH is 2. The Bertz CT molecular complexity index is 414. The standard InChI is InChI=1S/C11H15N3O3/c1-12-11(17)8-4-7(2-3-13-8)14-5-9(15)10(16)6-14/h2-4,9-10,15-16H,5-6H2,1H3,(H,12,17). The molecule has 92 valence electrons. The fourth-order valence-corrected chi connectivity index (χ4v) is 1.85. The van der Waals surface area contributed by atoms with E-state index >= 15 is 0 Å².